The molecule has 4 fully saturated rings. The third kappa shape index (κ3) is 7.48. The van der Waals surface area contributed by atoms with Crippen molar-refractivity contribution in [2.75, 3.05) is 40.4 Å². The zero-order chi connectivity index (χ0) is 36.1. The van der Waals surface area contributed by atoms with Crippen molar-refractivity contribution in [3.63, 3.8) is 0 Å². The number of benzene rings is 1. The van der Waals surface area contributed by atoms with E-state index >= 15 is 0 Å². The molecule has 1 aliphatic carbocycles. The van der Waals surface area contributed by atoms with Gasteiger partial charge in [0.15, 0.2) is 5.78 Å². The van der Waals surface area contributed by atoms with Crippen molar-refractivity contribution >= 4 is 40.8 Å². The fourth-order valence-electron chi connectivity index (χ4n) is 8.27. The lowest BCUT2D eigenvalue weighted by molar-refractivity contribution is -0.173. The Hall–Kier alpha value is -2.97. The van der Waals surface area contributed by atoms with Gasteiger partial charge in [-0.2, -0.15) is 10.2 Å². The zero-order valence-corrected chi connectivity index (χ0v) is 30.9. The predicted molar refractivity (Wildman–Crippen MR) is 190 cm³/mol. The number of alkyl halides is 1. The third-order valence-corrected chi connectivity index (χ3v) is 11.6. The molecule has 50 heavy (non-hydrogen) atoms. The average Bonchev–Trinajstić information content (AvgIpc) is 3.13. The summed E-state index contributed by atoms with van der Waals surface area (Å²) in [7, 11) is 3.04. The molecule has 0 aromatic heterocycles. The van der Waals surface area contributed by atoms with E-state index in [-0.39, 0.29) is 47.4 Å². The number of carbonyl (C=O) groups excluding carboxylic acids is 4. The number of likely N-dealkylation sites (tertiary alicyclic amines) is 2. The Bertz CT molecular complexity index is 1370. The number of nitrogens with zero attached hydrogens (tertiary/aromatic N) is 4. The number of hydrogen-bond acceptors (Lipinski definition) is 10. The highest BCUT2D eigenvalue weighted by molar-refractivity contribution is 6.21. The van der Waals surface area contributed by atoms with Crippen LogP contribution in [0.25, 0.3) is 0 Å². The van der Waals surface area contributed by atoms with Gasteiger partial charge in [0, 0.05) is 57.9 Å². The summed E-state index contributed by atoms with van der Waals surface area (Å²) in [4.78, 5) is 59.2. The van der Waals surface area contributed by atoms with Crippen molar-refractivity contribution < 1.29 is 28.7 Å². The SMILES string of the molecule is CCC(NC(=O)c1cc(N=NC2(C(C)=O)C(=O)NC23CC(OC)C(Cl)CC3OC)cc(C(=O)NC(CC)N2CCCCC2)c1)N1CCCCC1. The number of halogens is 1. The molecule has 1 aromatic rings. The molecule has 3 heterocycles. The molecule has 14 heteroatoms. The van der Waals surface area contributed by atoms with Crippen molar-refractivity contribution in [2.24, 2.45) is 10.2 Å². The molecule has 3 saturated heterocycles. The van der Waals surface area contributed by atoms with Crippen LogP contribution in [0, 0.1) is 0 Å². The summed E-state index contributed by atoms with van der Waals surface area (Å²) in [5.74, 6) is -1.82. The van der Waals surface area contributed by atoms with Gasteiger partial charge in [-0.1, -0.05) is 26.7 Å². The van der Waals surface area contributed by atoms with Crippen LogP contribution in [-0.2, 0) is 19.1 Å². The summed E-state index contributed by atoms with van der Waals surface area (Å²) in [5.41, 5.74) is -2.55. The quantitative estimate of drug-likeness (QED) is 0.118. The molecule has 5 rings (SSSR count). The van der Waals surface area contributed by atoms with Crippen LogP contribution in [0.2, 0.25) is 0 Å². The number of azo groups is 1. The molecule has 13 nitrogen and oxygen atoms in total. The minimum atomic E-state index is -1.93. The van der Waals surface area contributed by atoms with Crippen LogP contribution in [0.1, 0.15) is 106 Å². The van der Waals surface area contributed by atoms with Gasteiger partial charge in [0.05, 0.1) is 35.6 Å². The largest absolute Gasteiger partial charge is 0.380 e. The van der Waals surface area contributed by atoms with Gasteiger partial charge in [-0.15, -0.1) is 11.6 Å². The Labute approximate surface area is 300 Å². The lowest BCUT2D eigenvalue weighted by atomic mass is 9.58. The average molecular weight is 716 g/mol. The first-order chi connectivity index (χ1) is 24.0. The molecule has 1 aromatic carbocycles. The number of carbonyl (C=O) groups is 4. The van der Waals surface area contributed by atoms with Crippen molar-refractivity contribution in [3.05, 3.63) is 29.3 Å². The summed E-state index contributed by atoms with van der Waals surface area (Å²) in [6.45, 7) is 9.00. The first-order valence-corrected chi connectivity index (χ1v) is 18.7. The highest BCUT2D eigenvalue weighted by atomic mass is 35.5. The maximum Gasteiger partial charge on any atom is 0.260 e. The number of ether oxygens (including phenoxy) is 2. The van der Waals surface area contributed by atoms with E-state index in [1.165, 1.54) is 34.0 Å². The standard InChI is InChI=1S/C36H54ClN7O6/c1-6-30(43-14-10-8-11-15-43)38-32(46)24-18-25(33(47)39-31(7-2)44-16-12-9-13-17-44)20-26(19-24)41-42-36(23(3)45)34(48)40-35(36)22-28(49-4)27(37)21-29(35)50-5/h18-20,27-31H,6-17,21-22H2,1-5H3,(H,38,46)(H,39,47)(H,40,48). The molecule has 0 bridgehead atoms. The molecular formula is C36H54ClN7O6. The summed E-state index contributed by atoms with van der Waals surface area (Å²) in [6.07, 6.45) is 7.16. The number of β-lactam (4-membered cyclic amide) rings is 1. The molecule has 276 valence electrons. The third-order valence-electron chi connectivity index (χ3n) is 11.1. The lowest BCUT2D eigenvalue weighted by Crippen LogP contribution is -2.88. The smallest absolute Gasteiger partial charge is 0.260 e. The molecule has 3 amide bonds. The number of amides is 3. The molecule has 1 spiro atoms. The molecule has 0 radical (unpaired) electrons. The van der Waals surface area contributed by atoms with E-state index in [4.69, 9.17) is 21.1 Å². The summed E-state index contributed by atoms with van der Waals surface area (Å²) < 4.78 is 11.4. The number of rotatable bonds is 13. The number of methoxy groups -OCH3 is 2. The fourth-order valence-corrected chi connectivity index (χ4v) is 8.63. The van der Waals surface area contributed by atoms with Crippen LogP contribution in [0.5, 0.6) is 0 Å². The van der Waals surface area contributed by atoms with E-state index < -0.39 is 40.4 Å². The monoisotopic (exact) mass is 715 g/mol. The maximum absolute atomic E-state index is 13.9. The van der Waals surface area contributed by atoms with Crippen molar-refractivity contribution in [2.45, 2.75) is 126 Å². The first kappa shape index (κ1) is 38.3. The van der Waals surface area contributed by atoms with Crippen molar-refractivity contribution in [1.82, 2.24) is 25.8 Å². The van der Waals surface area contributed by atoms with Gasteiger partial charge in [-0.25, -0.2) is 0 Å². The summed E-state index contributed by atoms with van der Waals surface area (Å²) >= 11 is 6.59. The van der Waals surface area contributed by atoms with Crippen LogP contribution in [0.15, 0.2) is 28.4 Å². The van der Waals surface area contributed by atoms with Crippen molar-refractivity contribution in [1.29, 1.82) is 0 Å². The predicted octanol–water partition coefficient (Wildman–Crippen LogP) is 4.30. The minimum Gasteiger partial charge on any atom is -0.380 e. The summed E-state index contributed by atoms with van der Waals surface area (Å²) in [6, 6.07) is 4.65. The van der Waals surface area contributed by atoms with Crippen LogP contribution >= 0.6 is 11.6 Å². The molecule has 3 N–H and O–H groups in total. The van der Waals surface area contributed by atoms with E-state index in [0.717, 1.165) is 64.7 Å². The summed E-state index contributed by atoms with van der Waals surface area (Å²) in [5, 5.41) is 17.8. The van der Waals surface area contributed by atoms with E-state index in [1.54, 1.807) is 18.2 Å². The Morgan fingerprint density at radius 2 is 1.42 bits per heavy atom. The van der Waals surface area contributed by atoms with Crippen molar-refractivity contribution in [3.8, 4) is 0 Å². The highest BCUT2D eigenvalue weighted by Gasteiger charge is 2.75. The topological polar surface area (TPSA) is 154 Å². The van der Waals surface area contributed by atoms with E-state index in [2.05, 4.69) is 36.0 Å². The van der Waals surface area contributed by atoms with Crippen LogP contribution < -0.4 is 16.0 Å². The normalized spacial score (nSPS) is 30.4. The van der Waals surface area contributed by atoms with Gasteiger partial charge in [-0.05, 0) is 70.1 Å². The number of hydrogen-bond donors (Lipinski definition) is 3. The Kier molecular flexibility index (Phi) is 12.7. The molecule has 1 saturated carbocycles. The minimum absolute atomic E-state index is 0.162. The Morgan fingerprint density at radius 1 is 0.900 bits per heavy atom. The van der Waals surface area contributed by atoms with E-state index in [9.17, 15) is 19.2 Å². The molecule has 4 aliphatic rings. The second-order valence-electron chi connectivity index (χ2n) is 14.1. The second-order valence-corrected chi connectivity index (χ2v) is 14.7. The highest BCUT2D eigenvalue weighted by Crippen LogP contribution is 2.49. The van der Waals surface area contributed by atoms with Gasteiger partial charge >= 0.3 is 0 Å². The molecule has 7 atom stereocenters. The first-order valence-electron chi connectivity index (χ1n) is 18.2. The van der Waals surface area contributed by atoms with Gasteiger partial charge in [0.1, 0.15) is 5.54 Å². The zero-order valence-electron chi connectivity index (χ0n) is 30.1. The number of ketones is 1. The van der Waals surface area contributed by atoms with Gasteiger partial charge < -0.3 is 25.4 Å². The lowest BCUT2D eigenvalue weighted by Gasteiger charge is -2.60. The second kappa shape index (κ2) is 16.6. The number of piperidine rings is 2. The number of nitrogens with one attached hydrogen (secondary N) is 3. The molecule has 7 unspecified atom stereocenters. The van der Waals surface area contributed by atoms with Crippen LogP contribution in [0.3, 0.4) is 0 Å². The van der Waals surface area contributed by atoms with Crippen LogP contribution in [0.4, 0.5) is 5.69 Å². The van der Waals surface area contributed by atoms with Crippen LogP contribution in [-0.4, -0.2) is 115 Å². The Balaban J connectivity index is 1.51. The maximum atomic E-state index is 13.9. The van der Waals surface area contributed by atoms with Gasteiger partial charge in [-0.3, -0.25) is 29.0 Å². The molecule has 3 aliphatic heterocycles. The van der Waals surface area contributed by atoms with E-state index in [1.807, 2.05) is 13.8 Å². The van der Waals surface area contributed by atoms with Gasteiger partial charge in [0.25, 0.3) is 17.7 Å². The molecular weight excluding hydrogens is 662 g/mol. The number of Topliss-reactive ketones (excluding diaryl/α,β-unsaturated/α-hetero) is 1. The Morgan fingerprint density at radius 3 is 1.84 bits per heavy atom. The van der Waals surface area contributed by atoms with Gasteiger partial charge in [0.2, 0.25) is 5.54 Å². The fraction of sp³-hybridized carbons (Fsp3) is 0.722. The van der Waals surface area contributed by atoms with E-state index in [0.29, 0.717) is 6.42 Å².